The summed E-state index contributed by atoms with van der Waals surface area (Å²) < 4.78 is 0. The summed E-state index contributed by atoms with van der Waals surface area (Å²) >= 11 is 0. The third-order valence-electron chi connectivity index (χ3n) is 3.34. The molecule has 0 radical (unpaired) electrons. The van der Waals surface area contributed by atoms with Crippen LogP contribution in [0, 0.1) is 0 Å². The van der Waals surface area contributed by atoms with Crippen LogP contribution < -0.4 is 5.32 Å². The Morgan fingerprint density at radius 2 is 2.00 bits per heavy atom. The second kappa shape index (κ2) is 8.08. The maximum Gasteiger partial charge on any atom is 0.327 e. The molecule has 1 aliphatic rings. The third kappa shape index (κ3) is 4.64. The normalized spacial score (nSPS) is 19.8. The van der Waals surface area contributed by atoms with Crippen molar-refractivity contribution in [2.45, 2.75) is 51.5 Å². The van der Waals surface area contributed by atoms with E-state index in [9.17, 15) is 9.59 Å². The van der Waals surface area contributed by atoms with Crippen LogP contribution in [0.5, 0.6) is 0 Å². The van der Waals surface area contributed by atoms with Crippen LogP contribution in [-0.4, -0.2) is 47.6 Å². The molecule has 18 heavy (non-hydrogen) atoms. The zero-order valence-corrected chi connectivity index (χ0v) is 11.2. The number of amides is 1. The van der Waals surface area contributed by atoms with E-state index in [1.54, 1.807) is 0 Å². The lowest BCUT2D eigenvalue weighted by atomic mass is 10.1. The average molecular weight is 256 g/mol. The van der Waals surface area contributed by atoms with E-state index in [4.69, 9.17) is 5.11 Å². The number of carbonyl (C=O) groups is 2. The molecule has 1 fully saturated rings. The Balaban J connectivity index is 2.32. The number of hydrogen-bond donors (Lipinski definition) is 2. The van der Waals surface area contributed by atoms with Crippen LogP contribution in [0.1, 0.15) is 45.4 Å². The molecule has 0 spiro atoms. The highest BCUT2D eigenvalue weighted by Gasteiger charge is 2.31. The molecule has 1 saturated heterocycles. The lowest BCUT2D eigenvalue weighted by molar-refractivity contribution is -0.151. The molecule has 1 amide bonds. The van der Waals surface area contributed by atoms with Crippen molar-refractivity contribution >= 4 is 11.9 Å². The molecule has 2 N–H and O–H groups in total. The van der Waals surface area contributed by atoms with Gasteiger partial charge in [0.2, 0.25) is 5.91 Å². The molecule has 1 aliphatic heterocycles. The highest BCUT2D eigenvalue weighted by atomic mass is 16.4. The zero-order chi connectivity index (χ0) is 13.4. The smallest absolute Gasteiger partial charge is 0.327 e. The third-order valence-corrected chi connectivity index (χ3v) is 3.34. The number of hydrogen-bond acceptors (Lipinski definition) is 3. The van der Waals surface area contributed by atoms with Gasteiger partial charge in [-0.3, -0.25) is 4.79 Å². The summed E-state index contributed by atoms with van der Waals surface area (Å²) in [6.45, 7) is 3.70. The molecule has 1 atom stereocenters. The van der Waals surface area contributed by atoms with Crippen molar-refractivity contribution in [2.24, 2.45) is 0 Å². The molecule has 0 aromatic rings. The summed E-state index contributed by atoms with van der Waals surface area (Å²) in [5.41, 5.74) is 0. The maximum absolute atomic E-state index is 12.0. The highest BCUT2D eigenvalue weighted by Crippen LogP contribution is 2.10. The predicted octanol–water partition coefficient (Wildman–Crippen LogP) is 1.23. The number of unbranched alkanes of at least 4 members (excludes halogenated alkanes) is 4. The molecule has 104 valence electrons. The Hall–Kier alpha value is -1.10. The minimum Gasteiger partial charge on any atom is -0.480 e. The second-order valence-corrected chi connectivity index (χ2v) is 4.81. The summed E-state index contributed by atoms with van der Waals surface area (Å²) in [5, 5.41) is 12.1. The number of nitrogens with one attached hydrogen (secondary N) is 1. The molecule has 5 nitrogen and oxygen atoms in total. The Labute approximate surface area is 109 Å². The molecular weight excluding hydrogens is 232 g/mol. The molecule has 0 aliphatic carbocycles. The summed E-state index contributed by atoms with van der Waals surface area (Å²) in [7, 11) is 0. The number of piperazine rings is 1. The first-order valence-corrected chi connectivity index (χ1v) is 6.89. The van der Waals surface area contributed by atoms with Gasteiger partial charge in [0.15, 0.2) is 0 Å². The maximum atomic E-state index is 12.0. The Morgan fingerprint density at radius 3 is 2.67 bits per heavy atom. The molecule has 1 heterocycles. The van der Waals surface area contributed by atoms with Crippen LogP contribution in [0.25, 0.3) is 0 Å². The van der Waals surface area contributed by atoms with Crippen molar-refractivity contribution in [2.75, 3.05) is 19.6 Å². The number of rotatable bonds is 7. The van der Waals surface area contributed by atoms with Crippen molar-refractivity contribution in [3.63, 3.8) is 0 Å². The fourth-order valence-corrected chi connectivity index (χ4v) is 2.25. The number of carbonyl (C=O) groups excluding carboxylic acids is 1. The first-order valence-electron chi connectivity index (χ1n) is 6.89. The molecule has 1 unspecified atom stereocenters. The van der Waals surface area contributed by atoms with Crippen molar-refractivity contribution in [1.29, 1.82) is 0 Å². The second-order valence-electron chi connectivity index (χ2n) is 4.81. The largest absolute Gasteiger partial charge is 0.480 e. The van der Waals surface area contributed by atoms with Crippen LogP contribution in [0.3, 0.4) is 0 Å². The van der Waals surface area contributed by atoms with Gasteiger partial charge in [-0.1, -0.05) is 32.6 Å². The fourth-order valence-electron chi connectivity index (χ4n) is 2.25. The predicted molar refractivity (Wildman–Crippen MR) is 69.4 cm³/mol. The van der Waals surface area contributed by atoms with Gasteiger partial charge in [-0.05, 0) is 6.42 Å². The zero-order valence-electron chi connectivity index (χ0n) is 11.2. The molecule has 0 aromatic carbocycles. The Kier molecular flexibility index (Phi) is 6.72. The van der Waals surface area contributed by atoms with Gasteiger partial charge in [0, 0.05) is 26.1 Å². The van der Waals surface area contributed by atoms with Gasteiger partial charge in [0.25, 0.3) is 0 Å². The molecule has 1 rings (SSSR count). The van der Waals surface area contributed by atoms with Gasteiger partial charge in [0.1, 0.15) is 6.04 Å². The number of nitrogens with zero attached hydrogens (tertiary/aromatic N) is 1. The van der Waals surface area contributed by atoms with Crippen molar-refractivity contribution in [1.82, 2.24) is 10.2 Å². The van der Waals surface area contributed by atoms with Crippen molar-refractivity contribution < 1.29 is 14.7 Å². The Morgan fingerprint density at radius 1 is 1.28 bits per heavy atom. The Bertz CT molecular complexity index is 281. The van der Waals surface area contributed by atoms with E-state index in [0.717, 1.165) is 19.3 Å². The van der Waals surface area contributed by atoms with Gasteiger partial charge >= 0.3 is 5.97 Å². The van der Waals surface area contributed by atoms with Crippen LogP contribution in [0.2, 0.25) is 0 Å². The molecular formula is C13H24N2O3. The monoisotopic (exact) mass is 256 g/mol. The minimum absolute atomic E-state index is 0.0135. The van der Waals surface area contributed by atoms with E-state index >= 15 is 0 Å². The molecule has 0 aromatic heterocycles. The standard InChI is InChI=1S/C13H24N2O3/c1-2-3-4-5-6-7-12(16)15-9-8-14-10-11(15)13(17)18/h11,14H,2-10H2,1H3,(H,17,18). The van der Waals surface area contributed by atoms with E-state index in [2.05, 4.69) is 12.2 Å². The van der Waals surface area contributed by atoms with E-state index in [1.807, 2.05) is 0 Å². The molecule has 0 saturated carbocycles. The first-order chi connectivity index (χ1) is 8.66. The lowest BCUT2D eigenvalue weighted by Gasteiger charge is -2.33. The van der Waals surface area contributed by atoms with Gasteiger partial charge in [-0.2, -0.15) is 0 Å². The van der Waals surface area contributed by atoms with Gasteiger partial charge in [-0.15, -0.1) is 0 Å². The van der Waals surface area contributed by atoms with E-state index in [0.29, 0.717) is 26.1 Å². The summed E-state index contributed by atoms with van der Waals surface area (Å²) in [6.07, 6.45) is 5.96. The van der Waals surface area contributed by atoms with Gasteiger partial charge < -0.3 is 15.3 Å². The topological polar surface area (TPSA) is 69.6 Å². The van der Waals surface area contributed by atoms with E-state index in [-0.39, 0.29) is 5.91 Å². The number of carboxylic acid groups (broad SMARTS) is 1. The fraction of sp³-hybridized carbons (Fsp3) is 0.846. The number of aliphatic carboxylic acids is 1. The first kappa shape index (κ1) is 15.0. The minimum atomic E-state index is -0.915. The van der Waals surface area contributed by atoms with E-state index in [1.165, 1.54) is 17.7 Å². The SMILES string of the molecule is CCCCCCCC(=O)N1CCNCC1C(=O)O. The summed E-state index contributed by atoms with van der Waals surface area (Å²) in [5.74, 6) is -0.929. The van der Waals surface area contributed by atoms with Gasteiger partial charge in [0.05, 0.1) is 0 Å². The summed E-state index contributed by atoms with van der Waals surface area (Å²) in [4.78, 5) is 24.5. The van der Waals surface area contributed by atoms with Crippen LogP contribution in [-0.2, 0) is 9.59 Å². The van der Waals surface area contributed by atoms with Crippen LogP contribution >= 0.6 is 0 Å². The average Bonchev–Trinajstić information content (AvgIpc) is 2.38. The van der Waals surface area contributed by atoms with Crippen molar-refractivity contribution in [3.8, 4) is 0 Å². The van der Waals surface area contributed by atoms with E-state index < -0.39 is 12.0 Å². The highest BCUT2D eigenvalue weighted by molar-refractivity contribution is 5.84. The van der Waals surface area contributed by atoms with Crippen LogP contribution in [0.15, 0.2) is 0 Å². The number of carboxylic acids is 1. The quantitative estimate of drug-likeness (QED) is 0.672. The van der Waals surface area contributed by atoms with Crippen molar-refractivity contribution in [3.05, 3.63) is 0 Å². The molecule has 0 bridgehead atoms. The summed E-state index contributed by atoms with van der Waals surface area (Å²) in [6, 6.07) is -0.693. The van der Waals surface area contributed by atoms with Gasteiger partial charge in [-0.25, -0.2) is 4.79 Å². The lowest BCUT2D eigenvalue weighted by Crippen LogP contribution is -2.56. The molecule has 5 heteroatoms. The van der Waals surface area contributed by atoms with Crippen LogP contribution in [0.4, 0.5) is 0 Å².